The smallest absolute Gasteiger partial charge is 0.276 e. The van der Waals surface area contributed by atoms with Gasteiger partial charge in [-0.25, -0.2) is 0 Å². The van der Waals surface area contributed by atoms with E-state index in [1.165, 1.54) is 6.26 Å². The number of hydrogen-bond donors (Lipinski definition) is 1. The van der Waals surface area contributed by atoms with Crippen LogP contribution >= 0.6 is 0 Å². The van der Waals surface area contributed by atoms with Gasteiger partial charge in [-0.2, -0.15) is 5.10 Å². The minimum Gasteiger partial charge on any atom is -0.382 e. The molecule has 0 unspecified atom stereocenters. The molecule has 1 aliphatic heterocycles. The summed E-state index contributed by atoms with van der Waals surface area (Å²) in [4.78, 5) is 14.5. The summed E-state index contributed by atoms with van der Waals surface area (Å²) in [6, 6.07) is 1.71. The second-order valence-electron chi connectivity index (χ2n) is 5.51. The van der Waals surface area contributed by atoms with Crippen LogP contribution < -0.4 is 5.73 Å². The zero-order chi connectivity index (χ0) is 15.7. The van der Waals surface area contributed by atoms with E-state index in [1.54, 1.807) is 35.9 Å². The number of nitrogen functional groups attached to an aromatic ring is 1. The number of nitrogens with zero attached hydrogens (tertiary/aromatic N) is 4. The molecule has 1 saturated heterocycles. The van der Waals surface area contributed by atoms with E-state index in [-0.39, 0.29) is 18.1 Å². The summed E-state index contributed by atoms with van der Waals surface area (Å²) >= 11 is 0. The topological polar surface area (TPSA) is 99.4 Å². The first-order valence-electron chi connectivity index (χ1n) is 7.12. The highest BCUT2D eigenvalue weighted by Crippen LogP contribution is 2.24. The molecule has 0 bridgehead atoms. The third-order valence-corrected chi connectivity index (χ3v) is 3.98. The minimum atomic E-state index is -0.143. The molecule has 3 rings (SSSR count). The van der Waals surface area contributed by atoms with Gasteiger partial charge in [0.25, 0.3) is 5.91 Å². The molecule has 118 valence electrons. The Labute approximate surface area is 127 Å². The minimum absolute atomic E-state index is 0.00839. The van der Waals surface area contributed by atoms with Crippen molar-refractivity contribution in [2.45, 2.75) is 32.0 Å². The van der Waals surface area contributed by atoms with Gasteiger partial charge in [0.05, 0.1) is 18.7 Å². The normalized spacial score (nSPS) is 21.5. The predicted octanol–water partition coefficient (Wildman–Crippen LogP) is 0.691. The van der Waals surface area contributed by atoms with Gasteiger partial charge in [-0.05, 0) is 19.4 Å². The molecule has 2 aromatic rings. The van der Waals surface area contributed by atoms with Crippen molar-refractivity contribution in [1.82, 2.24) is 19.8 Å². The number of carbonyl (C=O) groups is 1. The number of aryl methyl sites for hydroxylation is 1. The number of carbonyl (C=O) groups excluding carboxylic acids is 1. The Morgan fingerprint density at radius 1 is 1.59 bits per heavy atom. The predicted molar refractivity (Wildman–Crippen MR) is 78.1 cm³/mol. The van der Waals surface area contributed by atoms with E-state index in [9.17, 15) is 4.79 Å². The zero-order valence-electron chi connectivity index (χ0n) is 12.6. The molecule has 3 heterocycles. The molecule has 22 heavy (non-hydrogen) atoms. The monoisotopic (exact) mass is 305 g/mol. The van der Waals surface area contributed by atoms with Crippen LogP contribution in [0.15, 0.2) is 23.0 Å². The molecule has 0 spiro atoms. The number of hydrogen-bond acceptors (Lipinski definition) is 6. The lowest BCUT2D eigenvalue weighted by molar-refractivity contribution is 0.0668. The third kappa shape index (κ3) is 2.69. The van der Waals surface area contributed by atoms with Crippen LogP contribution in [0.4, 0.5) is 5.82 Å². The first-order valence-corrected chi connectivity index (χ1v) is 7.12. The van der Waals surface area contributed by atoms with Crippen molar-refractivity contribution >= 4 is 11.7 Å². The van der Waals surface area contributed by atoms with Crippen molar-refractivity contribution in [2.24, 2.45) is 0 Å². The Bertz CT molecular complexity index is 665. The molecule has 2 aromatic heterocycles. The van der Waals surface area contributed by atoms with Crippen molar-refractivity contribution in [2.75, 3.05) is 19.4 Å². The van der Waals surface area contributed by atoms with Crippen LogP contribution in [0, 0.1) is 6.92 Å². The fourth-order valence-corrected chi connectivity index (χ4v) is 2.79. The first kappa shape index (κ1) is 14.6. The van der Waals surface area contributed by atoms with Gasteiger partial charge in [0.2, 0.25) is 0 Å². The molecule has 0 saturated carbocycles. The van der Waals surface area contributed by atoms with Gasteiger partial charge >= 0.3 is 0 Å². The second kappa shape index (κ2) is 5.80. The molecular formula is C14H19N5O3. The van der Waals surface area contributed by atoms with E-state index in [0.717, 1.165) is 12.0 Å². The lowest BCUT2D eigenvalue weighted by atomic mass is 10.2. The molecule has 8 nitrogen and oxygen atoms in total. The van der Waals surface area contributed by atoms with Gasteiger partial charge in [-0.15, -0.1) is 0 Å². The fourth-order valence-electron chi connectivity index (χ4n) is 2.79. The second-order valence-corrected chi connectivity index (χ2v) is 5.51. The zero-order valence-corrected chi connectivity index (χ0v) is 12.6. The Hall–Kier alpha value is -2.35. The fraction of sp³-hybridized carbons (Fsp3) is 0.500. The lowest BCUT2D eigenvalue weighted by Gasteiger charge is -2.23. The number of ether oxygens (including phenoxy) is 1. The van der Waals surface area contributed by atoms with Gasteiger partial charge in [-0.3, -0.25) is 9.48 Å². The average Bonchev–Trinajstić information content (AvgIpc) is 3.19. The quantitative estimate of drug-likeness (QED) is 0.892. The summed E-state index contributed by atoms with van der Waals surface area (Å²) in [7, 11) is 1.66. The average molecular weight is 305 g/mol. The van der Waals surface area contributed by atoms with Crippen molar-refractivity contribution < 1.29 is 14.1 Å². The van der Waals surface area contributed by atoms with Gasteiger partial charge in [0.15, 0.2) is 5.69 Å². The molecule has 1 fully saturated rings. The number of aromatic nitrogens is 3. The largest absolute Gasteiger partial charge is 0.382 e. The van der Waals surface area contributed by atoms with Crippen LogP contribution in [-0.2, 0) is 11.3 Å². The number of likely N-dealkylation sites (tertiary alicyclic amines) is 1. The molecule has 2 N–H and O–H groups in total. The van der Waals surface area contributed by atoms with Crippen LogP contribution in [-0.4, -0.2) is 51.5 Å². The Morgan fingerprint density at radius 3 is 3.00 bits per heavy atom. The van der Waals surface area contributed by atoms with Gasteiger partial charge in [-0.1, -0.05) is 5.16 Å². The van der Waals surface area contributed by atoms with Crippen LogP contribution in [0.2, 0.25) is 0 Å². The van der Waals surface area contributed by atoms with Gasteiger partial charge in [0, 0.05) is 25.4 Å². The standard InChI is InChI=1S/C14H19N5O3/c1-9-8-22-17-13(9)14(20)19-7-11(21-2)5-10(19)6-18-4-3-12(15)16-18/h3-4,8,10-11H,5-7H2,1-2H3,(H2,15,16)/t10-,11-/m0/s1. The van der Waals surface area contributed by atoms with E-state index >= 15 is 0 Å². The van der Waals surface area contributed by atoms with Crippen LogP contribution in [0.5, 0.6) is 0 Å². The Kier molecular flexibility index (Phi) is 3.84. The highest BCUT2D eigenvalue weighted by Gasteiger charge is 2.37. The molecule has 1 amide bonds. The summed E-state index contributed by atoms with van der Waals surface area (Å²) in [6.07, 6.45) is 4.03. The number of rotatable bonds is 4. The SMILES string of the molecule is CO[C@H]1C[C@@H](Cn2ccc(N)n2)N(C(=O)c2nocc2C)C1. The van der Waals surface area contributed by atoms with Crippen molar-refractivity contribution in [3.8, 4) is 0 Å². The van der Waals surface area contributed by atoms with Crippen LogP contribution in [0.1, 0.15) is 22.5 Å². The summed E-state index contributed by atoms with van der Waals surface area (Å²) in [5.41, 5.74) is 6.72. The van der Waals surface area contributed by atoms with Crippen LogP contribution in [0.3, 0.4) is 0 Å². The van der Waals surface area contributed by atoms with Crippen molar-refractivity contribution in [3.63, 3.8) is 0 Å². The van der Waals surface area contributed by atoms with Gasteiger partial charge < -0.3 is 19.9 Å². The summed E-state index contributed by atoms with van der Waals surface area (Å²) < 4.78 is 12.0. The third-order valence-electron chi connectivity index (χ3n) is 3.98. The molecule has 2 atom stereocenters. The maximum Gasteiger partial charge on any atom is 0.276 e. The molecular weight excluding hydrogens is 286 g/mol. The molecule has 1 aliphatic rings. The summed E-state index contributed by atoms with van der Waals surface area (Å²) in [5, 5.41) is 7.99. The van der Waals surface area contributed by atoms with Gasteiger partial charge in [0.1, 0.15) is 12.1 Å². The van der Waals surface area contributed by atoms with Crippen LogP contribution in [0.25, 0.3) is 0 Å². The van der Waals surface area contributed by atoms with E-state index in [1.807, 2.05) is 0 Å². The number of anilines is 1. The number of amides is 1. The number of nitrogens with two attached hydrogens (primary N) is 1. The van der Waals surface area contributed by atoms with Crippen molar-refractivity contribution in [1.29, 1.82) is 0 Å². The highest BCUT2D eigenvalue weighted by atomic mass is 16.5. The maximum absolute atomic E-state index is 12.7. The summed E-state index contributed by atoms with van der Waals surface area (Å²) in [6.45, 7) is 2.90. The number of methoxy groups -OCH3 is 1. The molecule has 0 aromatic carbocycles. The van der Waals surface area contributed by atoms with E-state index in [4.69, 9.17) is 15.0 Å². The van der Waals surface area contributed by atoms with E-state index in [2.05, 4.69) is 10.3 Å². The Balaban J connectivity index is 1.80. The first-order chi connectivity index (χ1) is 10.6. The summed E-state index contributed by atoms with van der Waals surface area (Å²) in [5.74, 6) is 0.322. The molecule has 0 aliphatic carbocycles. The van der Waals surface area contributed by atoms with E-state index in [0.29, 0.717) is 24.6 Å². The maximum atomic E-state index is 12.7. The highest BCUT2D eigenvalue weighted by molar-refractivity contribution is 5.93. The lowest BCUT2D eigenvalue weighted by Crippen LogP contribution is -2.39. The van der Waals surface area contributed by atoms with E-state index < -0.39 is 0 Å². The molecule has 0 radical (unpaired) electrons. The van der Waals surface area contributed by atoms with Crippen molar-refractivity contribution in [3.05, 3.63) is 29.8 Å². The Morgan fingerprint density at radius 2 is 2.41 bits per heavy atom. The molecule has 8 heteroatoms.